The van der Waals surface area contributed by atoms with E-state index < -0.39 is 0 Å². The molecule has 0 unspecified atom stereocenters. The Morgan fingerprint density at radius 1 is 1.14 bits per heavy atom. The molecule has 0 saturated heterocycles. The van der Waals surface area contributed by atoms with Gasteiger partial charge in [-0.2, -0.15) is 5.10 Å². The third kappa shape index (κ3) is 2.61. The number of rotatable bonds is 3. The van der Waals surface area contributed by atoms with Crippen molar-refractivity contribution in [3.05, 3.63) is 42.1 Å². The molecule has 0 fully saturated rings. The topological polar surface area (TPSA) is 39.9 Å². The number of hydrogen-bond acceptors (Lipinski definition) is 3. The third-order valence-electron chi connectivity index (χ3n) is 3.44. The second kappa shape index (κ2) is 5.20. The Bertz CT molecular complexity index is 790. The number of hydrogen-bond donors (Lipinski definition) is 0. The van der Waals surface area contributed by atoms with Gasteiger partial charge in [0.1, 0.15) is 5.75 Å². The standard InChI is InChI=1S/C17H19N3O/c1-11(2)21-13-5-6-15-14(10-13)12(3)9-16(19-15)17-7-8-18-20(17)4/h5-11H,1-4H3. The van der Waals surface area contributed by atoms with E-state index in [9.17, 15) is 0 Å². The van der Waals surface area contributed by atoms with Crippen molar-refractivity contribution in [3.8, 4) is 17.1 Å². The second-order valence-electron chi connectivity index (χ2n) is 5.51. The highest BCUT2D eigenvalue weighted by Gasteiger charge is 2.09. The molecule has 0 bridgehead atoms. The number of ether oxygens (including phenoxy) is 1. The predicted octanol–water partition coefficient (Wildman–Crippen LogP) is 3.73. The Hall–Kier alpha value is -2.36. The van der Waals surface area contributed by atoms with Crippen LogP contribution < -0.4 is 4.74 Å². The number of fused-ring (bicyclic) bond motifs is 1. The van der Waals surface area contributed by atoms with Crippen molar-refractivity contribution in [2.24, 2.45) is 7.05 Å². The number of pyridine rings is 1. The van der Waals surface area contributed by atoms with Gasteiger partial charge in [-0.1, -0.05) is 0 Å². The molecule has 0 aliphatic heterocycles. The fraction of sp³-hybridized carbons (Fsp3) is 0.294. The van der Waals surface area contributed by atoms with Gasteiger partial charge in [0, 0.05) is 18.6 Å². The van der Waals surface area contributed by atoms with Crippen LogP contribution in [0.1, 0.15) is 19.4 Å². The van der Waals surface area contributed by atoms with E-state index in [-0.39, 0.29) is 6.10 Å². The summed E-state index contributed by atoms with van der Waals surface area (Å²) >= 11 is 0. The van der Waals surface area contributed by atoms with Crippen LogP contribution in [0.3, 0.4) is 0 Å². The summed E-state index contributed by atoms with van der Waals surface area (Å²) in [6.07, 6.45) is 1.96. The molecule has 0 saturated carbocycles. The maximum absolute atomic E-state index is 5.76. The van der Waals surface area contributed by atoms with Gasteiger partial charge in [0.2, 0.25) is 0 Å². The Kier molecular flexibility index (Phi) is 3.37. The van der Waals surface area contributed by atoms with Crippen LogP contribution in [0.5, 0.6) is 5.75 Å². The molecule has 3 rings (SSSR count). The number of benzene rings is 1. The first kappa shape index (κ1) is 13.6. The monoisotopic (exact) mass is 281 g/mol. The maximum Gasteiger partial charge on any atom is 0.120 e. The van der Waals surface area contributed by atoms with E-state index in [1.54, 1.807) is 6.20 Å². The lowest BCUT2D eigenvalue weighted by Gasteiger charge is -2.12. The van der Waals surface area contributed by atoms with Gasteiger partial charge in [0.05, 0.1) is 23.0 Å². The van der Waals surface area contributed by atoms with Crippen LogP contribution in [0.15, 0.2) is 36.5 Å². The lowest BCUT2D eigenvalue weighted by Crippen LogP contribution is -2.05. The molecule has 0 aliphatic carbocycles. The van der Waals surface area contributed by atoms with Gasteiger partial charge in [-0.3, -0.25) is 4.68 Å². The highest BCUT2D eigenvalue weighted by Crippen LogP contribution is 2.27. The minimum absolute atomic E-state index is 0.171. The van der Waals surface area contributed by atoms with Crippen molar-refractivity contribution in [2.45, 2.75) is 26.9 Å². The number of aryl methyl sites for hydroxylation is 2. The van der Waals surface area contributed by atoms with Gasteiger partial charge >= 0.3 is 0 Å². The van der Waals surface area contributed by atoms with Crippen LogP contribution in [0, 0.1) is 6.92 Å². The van der Waals surface area contributed by atoms with Crippen LogP contribution in [-0.4, -0.2) is 20.9 Å². The SMILES string of the molecule is Cc1cc(-c2ccnn2C)nc2ccc(OC(C)C)cc12. The summed E-state index contributed by atoms with van der Waals surface area (Å²) in [6.45, 7) is 6.16. The average Bonchev–Trinajstić information content (AvgIpc) is 2.85. The van der Waals surface area contributed by atoms with Crippen LogP contribution in [0.25, 0.3) is 22.3 Å². The Labute approximate surface area is 124 Å². The van der Waals surface area contributed by atoms with Gasteiger partial charge in [0.15, 0.2) is 0 Å². The molecule has 0 N–H and O–H groups in total. The number of aromatic nitrogens is 3. The van der Waals surface area contributed by atoms with Gasteiger partial charge in [-0.05, 0) is 56.7 Å². The molecule has 0 spiro atoms. The van der Waals surface area contributed by atoms with E-state index in [1.165, 1.54) is 5.56 Å². The van der Waals surface area contributed by atoms with Crippen molar-refractivity contribution < 1.29 is 4.74 Å². The Morgan fingerprint density at radius 3 is 2.62 bits per heavy atom. The van der Waals surface area contributed by atoms with Crippen LogP contribution in [0.2, 0.25) is 0 Å². The van der Waals surface area contributed by atoms with Crippen molar-refractivity contribution >= 4 is 10.9 Å². The van der Waals surface area contributed by atoms with Crippen molar-refractivity contribution in [2.75, 3.05) is 0 Å². The molecule has 2 aromatic heterocycles. The predicted molar refractivity (Wildman–Crippen MR) is 84.4 cm³/mol. The normalized spacial score (nSPS) is 11.3. The Balaban J connectivity index is 2.11. The molecule has 2 heterocycles. The van der Waals surface area contributed by atoms with E-state index >= 15 is 0 Å². The minimum atomic E-state index is 0.171. The molecule has 4 heteroatoms. The van der Waals surface area contributed by atoms with Crippen LogP contribution in [-0.2, 0) is 7.05 Å². The van der Waals surface area contributed by atoms with Gasteiger partial charge in [0.25, 0.3) is 0 Å². The fourth-order valence-corrected chi connectivity index (χ4v) is 2.48. The number of nitrogens with zero attached hydrogens (tertiary/aromatic N) is 3. The first-order valence-corrected chi connectivity index (χ1v) is 7.11. The van der Waals surface area contributed by atoms with Crippen LogP contribution in [0.4, 0.5) is 0 Å². The van der Waals surface area contributed by atoms with E-state index in [1.807, 2.05) is 43.8 Å². The molecule has 0 amide bonds. The summed E-state index contributed by atoms with van der Waals surface area (Å²) in [5, 5.41) is 5.33. The van der Waals surface area contributed by atoms with Crippen molar-refractivity contribution in [3.63, 3.8) is 0 Å². The maximum atomic E-state index is 5.76. The molecule has 1 aromatic carbocycles. The summed E-state index contributed by atoms with van der Waals surface area (Å²) < 4.78 is 7.59. The molecule has 4 nitrogen and oxygen atoms in total. The molecule has 0 atom stereocenters. The van der Waals surface area contributed by atoms with Crippen molar-refractivity contribution in [1.82, 2.24) is 14.8 Å². The molecular formula is C17H19N3O. The van der Waals surface area contributed by atoms with Gasteiger partial charge in [-0.15, -0.1) is 0 Å². The van der Waals surface area contributed by atoms with E-state index in [4.69, 9.17) is 9.72 Å². The van der Waals surface area contributed by atoms with Crippen LogP contribution >= 0.6 is 0 Å². The summed E-state index contributed by atoms with van der Waals surface area (Å²) in [5.41, 5.74) is 4.12. The van der Waals surface area contributed by atoms with Gasteiger partial charge in [-0.25, -0.2) is 4.98 Å². The highest BCUT2D eigenvalue weighted by atomic mass is 16.5. The largest absolute Gasteiger partial charge is 0.491 e. The third-order valence-corrected chi connectivity index (χ3v) is 3.44. The molecule has 0 radical (unpaired) electrons. The zero-order valence-corrected chi connectivity index (χ0v) is 12.8. The average molecular weight is 281 g/mol. The van der Waals surface area contributed by atoms with E-state index in [0.717, 1.165) is 28.0 Å². The summed E-state index contributed by atoms with van der Waals surface area (Å²) in [4.78, 5) is 4.74. The molecule has 21 heavy (non-hydrogen) atoms. The fourth-order valence-electron chi connectivity index (χ4n) is 2.48. The summed E-state index contributed by atoms with van der Waals surface area (Å²) in [5.74, 6) is 0.885. The van der Waals surface area contributed by atoms with E-state index in [0.29, 0.717) is 0 Å². The summed E-state index contributed by atoms with van der Waals surface area (Å²) in [6, 6.07) is 10.1. The lowest BCUT2D eigenvalue weighted by atomic mass is 10.1. The first-order valence-electron chi connectivity index (χ1n) is 7.11. The molecule has 0 aliphatic rings. The summed E-state index contributed by atoms with van der Waals surface area (Å²) in [7, 11) is 1.93. The molecular weight excluding hydrogens is 262 g/mol. The highest BCUT2D eigenvalue weighted by molar-refractivity contribution is 5.85. The van der Waals surface area contributed by atoms with Gasteiger partial charge < -0.3 is 4.74 Å². The lowest BCUT2D eigenvalue weighted by molar-refractivity contribution is 0.243. The first-order chi connectivity index (χ1) is 10.0. The van der Waals surface area contributed by atoms with E-state index in [2.05, 4.69) is 24.2 Å². The smallest absolute Gasteiger partial charge is 0.120 e. The second-order valence-corrected chi connectivity index (χ2v) is 5.51. The Morgan fingerprint density at radius 2 is 1.95 bits per heavy atom. The molecule has 108 valence electrons. The van der Waals surface area contributed by atoms with Crippen molar-refractivity contribution in [1.29, 1.82) is 0 Å². The molecule has 3 aromatic rings. The minimum Gasteiger partial charge on any atom is -0.491 e. The quantitative estimate of drug-likeness (QED) is 0.734. The zero-order chi connectivity index (χ0) is 15.0. The zero-order valence-electron chi connectivity index (χ0n) is 12.8.